The lowest BCUT2D eigenvalue weighted by atomic mass is 9.67. The van der Waals surface area contributed by atoms with Crippen molar-refractivity contribution in [3.05, 3.63) is 186 Å². The van der Waals surface area contributed by atoms with E-state index in [2.05, 4.69) is 138 Å². The molecule has 0 aliphatic heterocycles. The minimum Gasteiger partial charge on any atom is -0.255 e. The van der Waals surface area contributed by atoms with Crippen LogP contribution in [-0.4, -0.2) is 15.0 Å². The van der Waals surface area contributed by atoms with Crippen molar-refractivity contribution < 1.29 is 0 Å². The van der Waals surface area contributed by atoms with Crippen LogP contribution in [0, 0.1) is 0 Å². The van der Waals surface area contributed by atoms with Crippen molar-refractivity contribution in [1.29, 1.82) is 0 Å². The predicted octanol–water partition coefficient (Wildman–Crippen LogP) is 9.88. The zero-order valence-corrected chi connectivity index (χ0v) is 24.4. The minimum absolute atomic E-state index is 0.411. The molecule has 5 aromatic carbocycles. The first-order valence-electron chi connectivity index (χ1n) is 15.3. The molecule has 0 saturated heterocycles. The Kier molecular flexibility index (Phi) is 5.72. The third kappa shape index (κ3) is 3.87. The number of hydrogen-bond acceptors (Lipinski definition) is 3. The van der Waals surface area contributed by atoms with E-state index in [0.717, 1.165) is 44.5 Å². The number of pyridine rings is 3. The van der Waals surface area contributed by atoms with Crippen LogP contribution in [0.3, 0.4) is 0 Å². The highest BCUT2D eigenvalue weighted by atomic mass is 14.8. The molecule has 3 heteroatoms. The highest BCUT2D eigenvalue weighted by molar-refractivity contribution is 6.04. The number of benzene rings is 5. The fourth-order valence-electron chi connectivity index (χ4n) is 7.19. The Morgan fingerprint density at radius 2 is 0.978 bits per heavy atom. The Bertz CT molecular complexity index is 2330. The van der Waals surface area contributed by atoms with Crippen molar-refractivity contribution in [2.75, 3.05) is 0 Å². The van der Waals surface area contributed by atoms with Gasteiger partial charge in [-0.3, -0.25) is 4.98 Å². The highest BCUT2D eigenvalue weighted by Gasteiger charge is 2.45. The summed E-state index contributed by atoms with van der Waals surface area (Å²) in [5.41, 5.74) is 12.7. The summed E-state index contributed by atoms with van der Waals surface area (Å²) in [6, 6.07) is 56.1. The second kappa shape index (κ2) is 10.1. The van der Waals surface area contributed by atoms with E-state index in [4.69, 9.17) is 9.97 Å². The molecule has 3 aromatic heterocycles. The van der Waals surface area contributed by atoms with Gasteiger partial charge in [0, 0.05) is 22.5 Å². The average molecular weight is 574 g/mol. The van der Waals surface area contributed by atoms with Gasteiger partial charge in [-0.15, -0.1) is 0 Å². The van der Waals surface area contributed by atoms with Crippen molar-refractivity contribution in [2.24, 2.45) is 0 Å². The average Bonchev–Trinajstić information content (AvgIpc) is 3.43. The van der Waals surface area contributed by atoms with Crippen LogP contribution < -0.4 is 0 Å². The maximum absolute atomic E-state index is 5.26. The Hall–Kier alpha value is -5.93. The minimum atomic E-state index is -0.411. The van der Waals surface area contributed by atoms with Crippen LogP contribution in [-0.2, 0) is 5.41 Å². The van der Waals surface area contributed by atoms with Gasteiger partial charge in [0.2, 0.25) is 0 Å². The number of fused-ring (bicyclic) bond motifs is 6. The number of hydrogen-bond donors (Lipinski definition) is 0. The zero-order valence-electron chi connectivity index (χ0n) is 24.4. The molecule has 8 aromatic rings. The number of rotatable bonds is 4. The standard InChI is InChI=1S/C42H27N3/c1-3-11-31(12-4-1)42(32-13-5-2-6-14-32)35-16-8-7-15-33(35)34-27-30(20-23-36(34)42)37-24-21-28-18-19-29-22-25-39(38-17-9-10-26-43-38)45-41(29)40(28)44-37/h1-27H. The first-order valence-corrected chi connectivity index (χ1v) is 15.3. The summed E-state index contributed by atoms with van der Waals surface area (Å²) in [7, 11) is 0. The van der Waals surface area contributed by atoms with Gasteiger partial charge in [-0.25, -0.2) is 9.97 Å². The third-order valence-electron chi connectivity index (χ3n) is 9.20. The smallest absolute Gasteiger partial charge is 0.0973 e. The van der Waals surface area contributed by atoms with Crippen LogP contribution in [0.1, 0.15) is 22.3 Å². The molecule has 0 bridgehead atoms. The molecule has 0 unspecified atom stereocenters. The van der Waals surface area contributed by atoms with Gasteiger partial charge in [0.05, 0.1) is 33.5 Å². The summed E-state index contributed by atoms with van der Waals surface area (Å²) in [5.74, 6) is 0. The maximum atomic E-state index is 5.26. The Balaban J connectivity index is 1.26. The molecular weight excluding hydrogens is 546 g/mol. The molecule has 210 valence electrons. The van der Waals surface area contributed by atoms with E-state index in [1.54, 1.807) is 6.20 Å². The van der Waals surface area contributed by atoms with Crippen LogP contribution in [0.4, 0.5) is 0 Å². The number of nitrogens with zero attached hydrogens (tertiary/aromatic N) is 3. The van der Waals surface area contributed by atoms with E-state index in [0.29, 0.717) is 0 Å². The Labute approximate surface area is 261 Å². The SMILES string of the molecule is c1ccc(C2(c3ccccc3)c3ccccc3-c3cc(-c4ccc5ccc6ccc(-c7ccccn7)nc6c5n4)ccc32)cc1. The van der Waals surface area contributed by atoms with Gasteiger partial charge < -0.3 is 0 Å². The summed E-state index contributed by atoms with van der Waals surface area (Å²) >= 11 is 0. The molecule has 9 rings (SSSR count). The molecule has 1 aliphatic carbocycles. The predicted molar refractivity (Wildman–Crippen MR) is 183 cm³/mol. The summed E-state index contributed by atoms with van der Waals surface area (Å²) in [6.07, 6.45) is 1.80. The van der Waals surface area contributed by atoms with E-state index in [-0.39, 0.29) is 0 Å². The lowest BCUT2D eigenvalue weighted by Gasteiger charge is -2.33. The van der Waals surface area contributed by atoms with E-state index >= 15 is 0 Å². The summed E-state index contributed by atoms with van der Waals surface area (Å²) in [6.45, 7) is 0. The van der Waals surface area contributed by atoms with Crippen LogP contribution >= 0.6 is 0 Å². The molecule has 0 amide bonds. The lowest BCUT2D eigenvalue weighted by Crippen LogP contribution is -2.28. The van der Waals surface area contributed by atoms with E-state index in [9.17, 15) is 0 Å². The van der Waals surface area contributed by atoms with E-state index in [1.807, 2.05) is 24.3 Å². The van der Waals surface area contributed by atoms with Gasteiger partial charge in [0.25, 0.3) is 0 Å². The maximum Gasteiger partial charge on any atom is 0.0973 e. The molecule has 0 fully saturated rings. The van der Waals surface area contributed by atoms with Crippen LogP contribution in [0.2, 0.25) is 0 Å². The molecular formula is C42H27N3. The normalized spacial score (nSPS) is 13.1. The molecule has 0 spiro atoms. The van der Waals surface area contributed by atoms with Gasteiger partial charge in [0.15, 0.2) is 0 Å². The van der Waals surface area contributed by atoms with Gasteiger partial charge in [-0.2, -0.15) is 0 Å². The molecule has 0 saturated carbocycles. The van der Waals surface area contributed by atoms with E-state index < -0.39 is 5.41 Å². The Morgan fingerprint density at radius 1 is 0.400 bits per heavy atom. The zero-order chi connectivity index (χ0) is 29.8. The molecule has 0 N–H and O–H groups in total. The van der Waals surface area contributed by atoms with E-state index in [1.165, 1.54) is 33.4 Å². The molecule has 3 heterocycles. The van der Waals surface area contributed by atoms with Gasteiger partial charge in [-0.1, -0.05) is 127 Å². The fraction of sp³-hybridized carbons (Fsp3) is 0.0238. The second-order valence-electron chi connectivity index (χ2n) is 11.6. The lowest BCUT2D eigenvalue weighted by molar-refractivity contribution is 0.768. The number of aromatic nitrogens is 3. The monoisotopic (exact) mass is 573 g/mol. The van der Waals surface area contributed by atoms with Crippen molar-refractivity contribution >= 4 is 21.8 Å². The quantitative estimate of drug-likeness (QED) is 0.197. The summed E-state index contributed by atoms with van der Waals surface area (Å²) in [4.78, 5) is 14.8. The highest BCUT2D eigenvalue weighted by Crippen LogP contribution is 2.56. The largest absolute Gasteiger partial charge is 0.255 e. The molecule has 45 heavy (non-hydrogen) atoms. The van der Waals surface area contributed by atoms with Crippen molar-refractivity contribution in [3.63, 3.8) is 0 Å². The first-order chi connectivity index (χ1) is 22.3. The van der Waals surface area contributed by atoms with Gasteiger partial charge >= 0.3 is 0 Å². The molecule has 3 nitrogen and oxygen atoms in total. The Morgan fingerprint density at radius 3 is 1.67 bits per heavy atom. The molecule has 0 atom stereocenters. The van der Waals surface area contributed by atoms with Crippen molar-refractivity contribution in [1.82, 2.24) is 15.0 Å². The third-order valence-corrected chi connectivity index (χ3v) is 9.20. The van der Waals surface area contributed by atoms with Crippen molar-refractivity contribution in [3.8, 4) is 33.8 Å². The molecule has 1 aliphatic rings. The first kappa shape index (κ1) is 25.6. The second-order valence-corrected chi connectivity index (χ2v) is 11.6. The van der Waals surface area contributed by atoms with Gasteiger partial charge in [0.1, 0.15) is 0 Å². The van der Waals surface area contributed by atoms with Crippen LogP contribution in [0.5, 0.6) is 0 Å². The van der Waals surface area contributed by atoms with Crippen molar-refractivity contribution in [2.45, 2.75) is 5.41 Å². The van der Waals surface area contributed by atoms with Gasteiger partial charge in [-0.05, 0) is 63.7 Å². The van der Waals surface area contributed by atoms with Crippen LogP contribution in [0.25, 0.3) is 55.6 Å². The summed E-state index contributed by atoms with van der Waals surface area (Å²) in [5, 5.41) is 2.13. The fourth-order valence-corrected chi connectivity index (χ4v) is 7.19. The van der Waals surface area contributed by atoms with Crippen LogP contribution in [0.15, 0.2) is 164 Å². The summed E-state index contributed by atoms with van der Waals surface area (Å²) < 4.78 is 0. The topological polar surface area (TPSA) is 38.7 Å². The molecule has 0 radical (unpaired) electrons.